The van der Waals surface area contributed by atoms with E-state index in [9.17, 15) is 9.59 Å². The highest BCUT2D eigenvalue weighted by Gasteiger charge is 2.27. The van der Waals surface area contributed by atoms with Crippen LogP contribution in [0.2, 0.25) is 0 Å². The number of benzene rings is 2. The number of hydrogen-bond donors (Lipinski definition) is 1. The van der Waals surface area contributed by atoms with Crippen molar-refractivity contribution in [2.75, 3.05) is 12.4 Å². The zero-order chi connectivity index (χ0) is 21.3. The van der Waals surface area contributed by atoms with E-state index in [-0.39, 0.29) is 0 Å². The highest BCUT2D eigenvalue weighted by molar-refractivity contribution is 6.06. The molecule has 1 aliphatic carbocycles. The van der Waals surface area contributed by atoms with Gasteiger partial charge in [0.2, 0.25) is 0 Å². The van der Waals surface area contributed by atoms with Crippen LogP contribution in [-0.4, -0.2) is 30.1 Å². The summed E-state index contributed by atoms with van der Waals surface area (Å²) in [6, 6.07) is 13.0. The van der Waals surface area contributed by atoms with Gasteiger partial charge in [0.1, 0.15) is 5.75 Å². The minimum Gasteiger partial charge on any atom is -0.495 e. The summed E-state index contributed by atoms with van der Waals surface area (Å²) in [5, 5.41) is 3.56. The molecule has 1 atom stereocenters. The quantitative estimate of drug-likeness (QED) is 0.644. The largest absolute Gasteiger partial charge is 0.495 e. The lowest BCUT2D eigenvalue weighted by atomic mass is 10.0. The number of rotatable bonds is 5. The molecule has 6 heteroatoms. The number of nitrogens with one attached hydrogen (secondary N) is 1. The number of methoxy groups -OCH3 is 1. The van der Waals surface area contributed by atoms with Gasteiger partial charge in [-0.2, -0.15) is 0 Å². The molecule has 3 aromatic rings. The third kappa shape index (κ3) is 3.73. The summed E-state index contributed by atoms with van der Waals surface area (Å²) in [5.74, 6) is -0.363. The third-order valence-electron chi connectivity index (χ3n) is 5.39. The van der Waals surface area contributed by atoms with Gasteiger partial charge in [0, 0.05) is 11.1 Å². The van der Waals surface area contributed by atoms with Crippen LogP contribution in [0.25, 0.3) is 10.9 Å². The van der Waals surface area contributed by atoms with Gasteiger partial charge >= 0.3 is 5.97 Å². The summed E-state index contributed by atoms with van der Waals surface area (Å²) < 4.78 is 10.9. The van der Waals surface area contributed by atoms with Crippen LogP contribution in [0.1, 0.15) is 40.5 Å². The molecule has 0 fully saturated rings. The smallest absolute Gasteiger partial charge is 0.339 e. The Bertz CT molecular complexity index is 1140. The highest BCUT2D eigenvalue weighted by atomic mass is 16.5. The number of carbonyl (C=O) groups excluding carboxylic acids is 2. The van der Waals surface area contributed by atoms with Gasteiger partial charge in [-0.1, -0.05) is 24.3 Å². The molecule has 0 aliphatic heterocycles. The van der Waals surface area contributed by atoms with Gasteiger partial charge in [0.25, 0.3) is 5.91 Å². The molecular formula is C24H24N2O4. The van der Waals surface area contributed by atoms with Crippen molar-refractivity contribution in [1.29, 1.82) is 0 Å². The third-order valence-corrected chi connectivity index (χ3v) is 5.39. The number of aromatic nitrogens is 1. The first kappa shape index (κ1) is 19.9. The van der Waals surface area contributed by atoms with E-state index in [0.29, 0.717) is 17.0 Å². The molecule has 6 nitrogen and oxygen atoms in total. The molecule has 154 valence electrons. The number of esters is 1. The summed E-state index contributed by atoms with van der Waals surface area (Å²) in [5.41, 5.74) is 4.71. The Balaban J connectivity index is 1.58. The Morgan fingerprint density at radius 1 is 1.13 bits per heavy atom. The highest BCUT2D eigenvalue weighted by Crippen LogP contribution is 2.31. The fraction of sp³-hybridized carbons (Fsp3) is 0.292. The van der Waals surface area contributed by atoms with Gasteiger partial charge in [-0.15, -0.1) is 0 Å². The Morgan fingerprint density at radius 3 is 2.73 bits per heavy atom. The van der Waals surface area contributed by atoms with Crippen LogP contribution in [0.4, 0.5) is 5.69 Å². The number of carbonyl (C=O) groups is 2. The number of pyridine rings is 1. The molecule has 4 rings (SSSR count). The van der Waals surface area contributed by atoms with Crippen LogP contribution in [0.3, 0.4) is 0 Å². The summed E-state index contributed by atoms with van der Waals surface area (Å²) in [4.78, 5) is 30.5. The number of amides is 1. The summed E-state index contributed by atoms with van der Waals surface area (Å²) in [6.07, 6.45) is 1.64. The van der Waals surface area contributed by atoms with Gasteiger partial charge in [-0.25, -0.2) is 4.79 Å². The lowest BCUT2D eigenvalue weighted by Gasteiger charge is -2.17. The second-order valence-electron chi connectivity index (χ2n) is 7.52. The van der Waals surface area contributed by atoms with E-state index in [1.807, 2.05) is 43.3 Å². The van der Waals surface area contributed by atoms with Crippen molar-refractivity contribution in [3.05, 3.63) is 64.8 Å². The molecule has 0 spiro atoms. The van der Waals surface area contributed by atoms with Crippen LogP contribution in [-0.2, 0) is 22.4 Å². The first-order valence-electron chi connectivity index (χ1n) is 10.0. The maximum atomic E-state index is 13.1. The van der Waals surface area contributed by atoms with Crippen LogP contribution in [0.5, 0.6) is 5.75 Å². The molecule has 0 radical (unpaired) electrons. The molecule has 0 unspecified atom stereocenters. The number of nitrogens with zero attached hydrogens (tertiary/aromatic N) is 1. The molecule has 1 aliphatic rings. The second kappa shape index (κ2) is 8.14. The van der Waals surface area contributed by atoms with Crippen molar-refractivity contribution < 1.29 is 19.1 Å². The normalized spacial score (nSPS) is 13.6. The van der Waals surface area contributed by atoms with E-state index in [1.165, 1.54) is 0 Å². The lowest BCUT2D eigenvalue weighted by molar-refractivity contribution is -0.123. The summed E-state index contributed by atoms with van der Waals surface area (Å²) in [6.45, 7) is 3.49. The molecule has 0 saturated carbocycles. The van der Waals surface area contributed by atoms with Gasteiger partial charge in [0.05, 0.1) is 23.9 Å². The Morgan fingerprint density at radius 2 is 1.93 bits per heavy atom. The summed E-state index contributed by atoms with van der Waals surface area (Å²) >= 11 is 0. The number of hydrogen-bond acceptors (Lipinski definition) is 5. The molecular weight excluding hydrogens is 380 g/mol. The van der Waals surface area contributed by atoms with E-state index in [1.54, 1.807) is 20.1 Å². The second-order valence-corrected chi connectivity index (χ2v) is 7.52. The van der Waals surface area contributed by atoms with Crippen molar-refractivity contribution in [2.24, 2.45) is 0 Å². The zero-order valence-corrected chi connectivity index (χ0v) is 17.3. The predicted molar refractivity (Wildman–Crippen MR) is 115 cm³/mol. The minimum atomic E-state index is -0.966. The van der Waals surface area contributed by atoms with E-state index in [0.717, 1.165) is 47.0 Å². The number of ether oxygens (including phenoxy) is 2. The first-order valence-corrected chi connectivity index (χ1v) is 10.0. The van der Waals surface area contributed by atoms with Crippen molar-refractivity contribution in [2.45, 2.75) is 39.2 Å². The van der Waals surface area contributed by atoms with Crippen LogP contribution >= 0.6 is 0 Å². The number of anilines is 1. The van der Waals surface area contributed by atoms with E-state index in [4.69, 9.17) is 14.5 Å². The topological polar surface area (TPSA) is 77.5 Å². The maximum absolute atomic E-state index is 13.1. The number of aryl methyl sites for hydroxylation is 2. The fourth-order valence-corrected chi connectivity index (χ4v) is 3.87. The fourth-order valence-electron chi connectivity index (χ4n) is 3.87. The zero-order valence-electron chi connectivity index (χ0n) is 17.3. The minimum absolute atomic E-state index is 0.415. The van der Waals surface area contributed by atoms with Crippen LogP contribution < -0.4 is 10.1 Å². The first-order chi connectivity index (χ1) is 14.5. The monoisotopic (exact) mass is 404 g/mol. The molecule has 0 saturated heterocycles. The van der Waals surface area contributed by atoms with Crippen molar-refractivity contribution in [3.8, 4) is 5.75 Å². The molecule has 1 heterocycles. The van der Waals surface area contributed by atoms with Crippen molar-refractivity contribution >= 4 is 28.5 Å². The standard InChI is InChI=1S/C24H24N2O4/c1-14-11-12-21(29-3)20(13-14)26-23(27)15(2)30-24(28)22-16-7-4-5-9-18(16)25-19-10-6-8-17(19)22/h4-5,7,9,11-13,15H,6,8,10H2,1-3H3,(H,26,27)/t15-/m1/s1. The Labute approximate surface area is 175 Å². The van der Waals surface area contributed by atoms with Gasteiger partial charge in [-0.05, 0) is 62.4 Å². The van der Waals surface area contributed by atoms with Gasteiger partial charge in [0.15, 0.2) is 6.10 Å². The number of fused-ring (bicyclic) bond motifs is 2. The Hall–Kier alpha value is -3.41. The van der Waals surface area contributed by atoms with Gasteiger partial charge < -0.3 is 14.8 Å². The molecule has 30 heavy (non-hydrogen) atoms. The van der Waals surface area contributed by atoms with Crippen molar-refractivity contribution in [3.63, 3.8) is 0 Å². The molecule has 1 N–H and O–H groups in total. The lowest BCUT2D eigenvalue weighted by Crippen LogP contribution is -2.30. The van der Waals surface area contributed by atoms with E-state index in [2.05, 4.69) is 5.32 Å². The summed E-state index contributed by atoms with van der Waals surface area (Å²) in [7, 11) is 1.54. The Kier molecular flexibility index (Phi) is 5.40. The molecule has 1 amide bonds. The average molecular weight is 404 g/mol. The number of para-hydroxylation sites is 1. The predicted octanol–water partition coefficient (Wildman–Crippen LogP) is 4.22. The van der Waals surface area contributed by atoms with Crippen molar-refractivity contribution in [1.82, 2.24) is 4.98 Å². The van der Waals surface area contributed by atoms with E-state index < -0.39 is 18.0 Å². The maximum Gasteiger partial charge on any atom is 0.339 e. The van der Waals surface area contributed by atoms with Gasteiger partial charge in [-0.3, -0.25) is 9.78 Å². The van der Waals surface area contributed by atoms with Crippen LogP contribution in [0, 0.1) is 6.92 Å². The molecule has 1 aromatic heterocycles. The average Bonchev–Trinajstić information content (AvgIpc) is 3.19. The SMILES string of the molecule is COc1ccc(C)cc1NC(=O)[C@@H](C)OC(=O)c1c2c(nc3ccccc13)CCC2. The van der Waals surface area contributed by atoms with E-state index >= 15 is 0 Å². The van der Waals surface area contributed by atoms with Crippen LogP contribution in [0.15, 0.2) is 42.5 Å². The molecule has 2 aromatic carbocycles. The molecule has 0 bridgehead atoms.